The predicted octanol–water partition coefficient (Wildman–Crippen LogP) is 2.27. The summed E-state index contributed by atoms with van der Waals surface area (Å²) in [6.45, 7) is 6.86. The van der Waals surface area contributed by atoms with E-state index in [4.69, 9.17) is 9.47 Å². The Bertz CT molecular complexity index is 463. The molecule has 118 valence electrons. The third kappa shape index (κ3) is 4.93. The Morgan fingerprint density at radius 2 is 2.05 bits per heavy atom. The zero-order valence-electron chi connectivity index (χ0n) is 13.5. The summed E-state index contributed by atoms with van der Waals surface area (Å²) >= 11 is 0. The van der Waals surface area contributed by atoms with Crippen LogP contribution in [0, 0.1) is 0 Å². The molecule has 0 saturated heterocycles. The molecular weight excluding hydrogens is 268 g/mol. The van der Waals surface area contributed by atoms with Gasteiger partial charge in [0.25, 0.3) is 5.91 Å². The summed E-state index contributed by atoms with van der Waals surface area (Å²) in [6, 6.07) is 5.83. The van der Waals surface area contributed by atoms with Gasteiger partial charge in [-0.05, 0) is 32.9 Å². The lowest BCUT2D eigenvalue weighted by atomic mass is 10.1. The van der Waals surface area contributed by atoms with Crippen LogP contribution in [0.25, 0.3) is 0 Å². The van der Waals surface area contributed by atoms with Crippen molar-refractivity contribution in [2.75, 3.05) is 20.7 Å². The second-order valence-electron chi connectivity index (χ2n) is 4.95. The summed E-state index contributed by atoms with van der Waals surface area (Å²) in [5.74, 6) is 1.22. The summed E-state index contributed by atoms with van der Waals surface area (Å²) in [5.41, 5.74) is 1.01. The molecule has 0 aromatic heterocycles. The summed E-state index contributed by atoms with van der Waals surface area (Å²) in [4.78, 5) is 11.6. The maximum absolute atomic E-state index is 11.6. The van der Waals surface area contributed by atoms with Gasteiger partial charge in [-0.25, -0.2) is 0 Å². The third-order valence-corrected chi connectivity index (χ3v) is 3.31. The van der Waals surface area contributed by atoms with E-state index in [-0.39, 0.29) is 11.9 Å². The van der Waals surface area contributed by atoms with E-state index in [2.05, 4.69) is 24.5 Å². The number of nitrogens with one attached hydrogen (secondary N) is 2. The van der Waals surface area contributed by atoms with Crippen LogP contribution >= 0.6 is 0 Å². The van der Waals surface area contributed by atoms with E-state index < -0.39 is 6.10 Å². The van der Waals surface area contributed by atoms with Crippen LogP contribution in [-0.4, -0.2) is 32.7 Å². The number of methoxy groups -OCH3 is 1. The van der Waals surface area contributed by atoms with Crippen molar-refractivity contribution in [2.24, 2.45) is 0 Å². The van der Waals surface area contributed by atoms with Gasteiger partial charge in [0.1, 0.15) is 11.5 Å². The molecule has 2 unspecified atom stereocenters. The van der Waals surface area contributed by atoms with Crippen molar-refractivity contribution in [3.8, 4) is 11.5 Å². The maximum Gasteiger partial charge on any atom is 0.260 e. The van der Waals surface area contributed by atoms with Gasteiger partial charge in [0.05, 0.1) is 7.11 Å². The number of ether oxygens (including phenoxy) is 2. The highest BCUT2D eigenvalue weighted by Gasteiger charge is 2.18. The standard InChI is InChI=1S/C16H26N2O3/c1-6-9-18-11(2)14-8-7-13(20-5)10-15(14)21-12(3)16(19)17-4/h7-8,10-12,18H,6,9H2,1-5H3,(H,17,19). The van der Waals surface area contributed by atoms with E-state index in [0.717, 1.165) is 18.5 Å². The zero-order chi connectivity index (χ0) is 15.8. The van der Waals surface area contributed by atoms with Crippen molar-refractivity contribution in [3.63, 3.8) is 0 Å². The average molecular weight is 294 g/mol. The van der Waals surface area contributed by atoms with Crippen LogP contribution in [0.5, 0.6) is 11.5 Å². The molecule has 21 heavy (non-hydrogen) atoms. The van der Waals surface area contributed by atoms with Gasteiger partial charge in [-0.15, -0.1) is 0 Å². The Morgan fingerprint density at radius 1 is 1.33 bits per heavy atom. The first-order chi connectivity index (χ1) is 10.0. The molecule has 1 amide bonds. The van der Waals surface area contributed by atoms with E-state index in [0.29, 0.717) is 11.5 Å². The highest BCUT2D eigenvalue weighted by atomic mass is 16.5. The molecule has 5 nitrogen and oxygen atoms in total. The molecule has 2 atom stereocenters. The Hall–Kier alpha value is -1.75. The second kappa shape index (κ2) is 8.52. The molecule has 1 aromatic carbocycles. The first kappa shape index (κ1) is 17.3. The Morgan fingerprint density at radius 3 is 2.62 bits per heavy atom. The zero-order valence-corrected chi connectivity index (χ0v) is 13.5. The minimum absolute atomic E-state index is 0.141. The molecule has 5 heteroatoms. The summed E-state index contributed by atoms with van der Waals surface area (Å²) in [7, 11) is 3.21. The van der Waals surface area contributed by atoms with E-state index in [1.807, 2.05) is 18.2 Å². The average Bonchev–Trinajstić information content (AvgIpc) is 2.51. The fourth-order valence-corrected chi connectivity index (χ4v) is 2.02. The lowest BCUT2D eigenvalue weighted by molar-refractivity contribution is -0.126. The molecule has 0 fully saturated rings. The minimum atomic E-state index is -0.556. The molecule has 0 saturated carbocycles. The smallest absolute Gasteiger partial charge is 0.260 e. The summed E-state index contributed by atoms with van der Waals surface area (Å²) < 4.78 is 11.0. The van der Waals surface area contributed by atoms with Gasteiger partial charge >= 0.3 is 0 Å². The van der Waals surface area contributed by atoms with Crippen LogP contribution in [0.1, 0.15) is 38.8 Å². The van der Waals surface area contributed by atoms with Crippen molar-refractivity contribution < 1.29 is 14.3 Å². The maximum atomic E-state index is 11.6. The monoisotopic (exact) mass is 294 g/mol. The number of likely N-dealkylation sites (N-methyl/N-ethyl adjacent to an activating group) is 1. The number of benzene rings is 1. The fraction of sp³-hybridized carbons (Fsp3) is 0.562. The van der Waals surface area contributed by atoms with Crippen molar-refractivity contribution in [1.82, 2.24) is 10.6 Å². The summed E-state index contributed by atoms with van der Waals surface area (Å²) in [5, 5.41) is 6.01. The molecule has 0 aliphatic carbocycles. The van der Waals surface area contributed by atoms with Crippen LogP contribution in [0.4, 0.5) is 0 Å². The molecule has 0 radical (unpaired) electrons. The van der Waals surface area contributed by atoms with E-state index in [9.17, 15) is 4.79 Å². The number of carbonyl (C=O) groups is 1. The molecule has 2 N–H and O–H groups in total. The quantitative estimate of drug-likeness (QED) is 0.772. The normalized spacial score (nSPS) is 13.4. The van der Waals surface area contributed by atoms with Crippen molar-refractivity contribution in [1.29, 1.82) is 0 Å². The molecule has 1 aromatic rings. The predicted molar refractivity (Wildman–Crippen MR) is 83.9 cm³/mol. The van der Waals surface area contributed by atoms with E-state index in [1.54, 1.807) is 21.1 Å². The van der Waals surface area contributed by atoms with Crippen LogP contribution in [0.2, 0.25) is 0 Å². The van der Waals surface area contributed by atoms with Crippen molar-refractivity contribution in [2.45, 2.75) is 39.3 Å². The van der Waals surface area contributed by atoms with Crippen molar-refractivity contribution >= 4 is 5.91 Å². The van der Waals surface area contributed by atoms with Gasteiger partial charge in [0.15, 0.2) is 6.10 Å². The lowest BCUT2D eigenvalue weighted by Gasteiger charge is -2.21. The van der Waals surface area contributed by atoms with Crippen molar-refractivity contribution in [3.05, 3.63) is 23.8 Å². The number of amides is 1. The topological polar surface area (TPSA) is 59.6 Å². The molecule has 0 heterocycles. The first-order valence-electron chi connectivity index (χ1n) is 7.33. The van der Waals surface area contributed by atoms with E-state index in [1.165, 1.54) is 0 Å². The third-order valence-electron chi connectivity index (χ3n) is 3.31. The first-order valence-corrected chi connectivity index (χ1v) is 7.33. The SMILES string of the molecule is CCCNC(C)c1ccc(OC)cc1OC(C)C(=O)NC. The number of hydrogen-bond donors (Lipinski definition) is 2. The Labute approximate surface area is 127 Å². The van der Waals surface area contributed by atoms with Gasteiger partial charge < -0.3 is 20.1 Å². The Balaban J connectivity index is 2.98. The lowest BCUT2D eigenvalue weighted by Crippen LogP contribution is -2.34. The highest BCUT2D eigenvalue weighted by Crippen LogP contribution is 2.30. The van der Waals surface area contributed by atoms with Gasteiger partial charge in [0, 0.05) is 24.7 Å². The molecule has 0 spiro atoms. The highest BCUT2D eigenvalue weighted by molar-refractivity contribution is 5.80. The number of hydrogen-bond acceptors (Lipinski definition) is 4. The minimum Gasteiger partial charge on any atom is -0.497 e. The molecule has 0 aliphatic rings. The van der Waals surface area contributed by atoms with E-state index >= 15 is 0 Å². The molecular formula is C16H26N2O3. The summed E-state index contributed by atoms with van der Waals surface area (Å²) in [6.07, 6.45) is 0.505. The fourth-order valence-electron chi connectivity index (χ4n) is 2.02. The Kier molecular flexibility index (Phi) is 7.02. The van der Waals surface area contributed by atoms with Crippen LogP contribution in [0.3, 0.4) is 0 Å². The van der Waals surface area contributed by atoms with Crippen LogP contribution < -0.4 is 20.1 Å². The largest absolute Gasteiger partial charge is 0.497 e. The van der Waals surface area contributed by atoms with Gasteiger partial charge in [-0.1, -0.05) is 13.0 Å². The van der Waals surface area contributed by atoms with Gasteiger partial charge in [-0.3, -0.25) is 4.79 Å². The molecule has 0 bridgehead atoms. The van der Waals surface area contributed by atoms with Crippen LogP contribution in [-0.2, 0) is 4.79 Å². The number of rotatable bonds is 8. The second-order valence-corrected chi connectivity index (χ2v) is 4.95. The van der Waals surface area contributed by atoms with Gasteiger partial charge in [0.2, 0.25) is 0 Å². The molecule has 1 rings (SSSR count). The van der Waals surface area contributed by atoms with Gasteiger partial charge in [-0.2, -0.15) is 0 Å². The molecule has 0 aliphatic heterocycles. The van der Waals surface area contributed by atoms with Crippen LogP contribution in [0.15, 0.2) is 18.2 Å². The number of carbonyl (C=O) groups excluding carboxylic acids is 1.